The molecule has 5 nitrogen and oxygen atoms in total. The number of fused-ring (bicyclic) bond motifs is 4. The van der Waals surface area contributed by atoms with E-state index >= 15 is 0 Å². The number of nitrogens with zero attached hydrogens (tertiary/aromatic N) is 2. The molecular formula is C22H19ClN2O3. The largest absolute Gasteiger partial charge is 0.459 e. The quantitative estimate of drug-likeness (QED) is 0.659. The van der Waals surface area contributed by atoms with E-state index in [1.54, 1.807) is 18.2 Å². The van der Waals surface area contributed by atoms with Gasteiger partial charge in [0.1, 0.15) is 0 Å². The fraction of sp³-hybridized carbons (Fsp3) is 0.273. The van der Waals surface area contributed by atoms with Gasteiger partial charge in [-0.25, -0.2) is 0 Å². The Morgan fingerprint density at radius 2 is 1.86 bits per heavy atom. The van der Waals surface area contributed by atoms with Gasteiger partial charge in [-0.2, -0.15) is 0 Å². The van der Waals surface area contributed by atoms with Gasteiger partial charge in [-0.05, 0) is 48.2 Å². The Bertz CT molecular complexity index is 1090. The molecule has 0 aliphatic carbocycles. The van der Waals surface area contributed by atoms with E-state index in [0.717, 1.165) is 23.2 Å². The summed E-state index contributed by atoms with van der Waals surface area (Å²) in [4.78, 5) is 27.3. The van der Waals surface area contributed by atoms with Gasteiger partial charge < -0.3 is 13.9 Å². The number of benzene rings is 1. The lowest BCUT2D eigenvalue weighted by Gasteiger charge is -2.43. The Morgan fingerprint density at radius 3 is 2.61 bits per heavy atom. The molecule has 5 rings (SSSR count). The number of hydrogen-bond donors (Lipinski definition) is 0. The first-order chi connectivity index (χ1) is 13.6. The predicted octanol–water partition coefficient (Wildman–Crippen LogP) is 4.02. The topological polar surface area (TPSA) is 55.5 Å². The van der Waals surface area contributed by atoms with Crippen molar-refractivity contribution in [1.29, 1.82) is 0 Å². The van der Waals surface area contributed by atoms with Crippen LogP contribution in [0.3, 0.4) is 0 Å². The smallest absolute Gasteiger partial charge is 0.289 e. The highest BCUT2D eigenvalue weighted by Crippen LogP contribution is 2.40. The Labute approximate surface area is 167 Å². The number of halogens is 1. The second-order valence-corrected chi connectivity index (χ2v) is 8.01. The number of piperidine rings is 1. The van der Waals surface area contributed by atoms with E-state index in [-0.39, 0.29) is 23.3 Å². The van der Waals surface area contributed by atoms with Gasteiger partial charge in [-0.15, -0.1) is 0 Å². The van der Waals surface area contributed by atoms with Gasteiger partial charge in [0, 0.05) is 47.9 Å². The molecule has 1 amide bonds. The number of carbonyl (C=O) groups excluding carboxylic acids is 1. The van der Waals surface area contributed by atoms with Gasteiger partial charge in [0.15, 0.2) is 5.76 Å². The summed E-state index contributed by atoms with van der Waals surface area (Å²) in [5.74, 6) is 0.664. The maximum Gasteiger partial charge on any atom is 0.289 e. The van der Waals surface area contributed by atoms with Crippen molar-refractivity contribution in [3.63, 3.8) is 0 Å². The standard InChI is InChI=1S/C22H19ClN2O3/c23-17-5-3-15(4-6-17)18-7-8-20(26)25-12-14-10-16(21(18)25)13-24(11-14)22(27)19-2-1-9-28-19/h1-9,14,16H,10-13H2. The van der Waals surface area contributed by atoms with Crippen molar-refractivity contribution < 1.29 is 9.21 Å². The minimum Gasteiger partial charge on any atom is -0.459 e. The Kier molecular flexibility index (Phi) is 4.13. The van der Waals surface area contributed by atoms with Crippen LogP contribution < -0.4 is 5.56 Å². The van der Waals surface area contributed by atoms with E-state index in [1.807, 2.05) is 39.8 Å². The summed E-state index contributed by atoms with van der Waals surface area (Å²) >= 11 is 6.05. The lowest BCUT2D eigenvalue weighted by Crippen LogP contribution is -2.49. The minimum absolute atomic E-state index is 0.0215. The van der Waals surface area contributed by atoms with Crippen LogP contribution in [0.5, 0.6) is 0 Å². The van der Waals surface area contributed by atoms with Crippen LogP contribution in [-0.4, -0.2) is 28.5 Å². The fourth-order valence-electron chi connectivity index (χ4n) is 4.61. The van der Waals surface area contributed by atoms with Crippen LogP contribution >= 0.6 is 11.6 Å². The van der Waals surface area contributed by atoms with Crippen LogP contribution in [0.4, 0.5) is 0 Å². The van der Waals surface area contributed by atoms with Crippen LogP contribution in [0.2, 0.25) is 5.02 Å². The van der Waals surface area contributed by atoms with E-state index in [2.05, 4.69) is 0 Å². The van der Waals surface area contributed by atoms with E-state index in [9.17, 15) is 9.59 Å². The molecule has 3 aromatic rings. The van der Waals surface area contributed by atoms with Crippen molar-refractivity contribution >= 4 is 17.5 Å². The summed E-state index contributed by atoms with van der Waals surface area (Å²) in [6.07, 6.45) is 2.50. The first kappa shape index (κ1) is 17.3. The molecular weight excluding hydrogens is 376 g/mol. The monoisotopic (exact) mass is 394 g/mol. The number of hydrogen-bond acceptors (Lipinski definition) is 3. The van der Waals surface area contributed by atoms with Gasteiger partial charge in [-0.3, -0.25) is 9.59 Å². The lowest BCUT2D eigenvalue weighted by molar-refractivity contribution is 0.0564. The molecule has 2 unspecified atom stereocenters. The summed E-state index contributed by atoms with van der Waals surface area (Å²) < 4.78 is 7.20. The Morgan fingerprint density at radius 1 is 1.04 bits per heavy atom. The zero-order chi connectivity index (χ0) is 19.3. The second-order valence-electron chi connectivity index (χ2n) is 7.57. The fourth-order valence-corrected chi connectivity index (χ4v) is 4.74. The molecule has 1 fully saturated rings. The zero-order valence-electron chi connectivity index (χ0n) is 15.2. The number of furan rings is 1. The van der Waals surface area contributed by atoms with E-state index in [4.69, 9.17) is 16.0 Å². The number of rotatable bonds is 2. The van der Waals surface area contributed by atoms with Crippen molar-refractivity contribution in [3.8, 4) is 11.1 Å². The third kappa shape index (κ3) is 2.87. The summed E-state index contributed by atoms with van der Waals surface area (Å²) in [6.45, 7) is 1.86. The van der Waals surface area contributed by atoms with Crippen LogP contribution in [-0.2, 0) is 6.54 Å². The van der Waals surface area contributed by atoms with Crippen molar-refractivity contribution in [2.24, 2.45) is 5.92 Å². The van der Waals surface area contributed by atoms with Crippen molar-refractivity contribution in [1.82, 2.24) is 9.47 Å². The molecule has 142 valence electrons. The molecule has 2 aliphatic rings. The maximum atomic E-state index is 12.8. The average Bonchev–Trinajstić information content (AvgIpc) is 3.24. The first-order valence-corrected chi connectivity index (χ1v) is 9.80. The number of likely N-dealkylation sites (tertiary alicyclic amines) is 1. The third-order valence-corrected chi connectivity index (χ3v) is 6.02. The average molecular weight is 395 g/mol. The minimum atomic E-state index is -0.0838. The van der Waals surface area contributed by atoms with Gasteiger partial charge in [0.05, 0.1) is 6.26 Å². The van der Waals surface area contributed by atoms with Crippen LogP contribution in [0.25, 0.3) is 11.1 Å². The predicted molar refractivity (Wildman–Crippen MR) is 107 cm³/mol. The van der Waals surface area contributed by atoms with E-state index < -0.39 is 0 Å². The normalized spacial score (nSPS) is 20.7. The molecule has 2 aromatic heterocycles. The molecule has 4 heterocycles. The van der Waals surface area contributed by atoms with Crippen LogP contribution in [0.1, 0.15) is 28.6 Å². The van der Waals surface area contributed by atoms with Crippen LogP contribution in [0, 0.1) is 5.92 Å². The number of aromatic nitrogens is 1. The van der Waals surface area contributed by atoms with Crippen molar-refractivity contribution in [2.45, 2.75) is 18.9 Å². The molecule has 2 atom stereocenters. The summed E-state index contributed by atoms with van der Waals surface area (Å²) in [5.41, 5.74) is 3.10. The molecule has 28 heavy (non-hydrogen) atoms. The SMILES string of the molecule is O=C(c1ccco1)N1CC2CC(C1)c1c(-c3ccc(Cl)cc3)ccc(=O)n1C2. The Hall–Kier alpha value is -2.79. The van der Waals surface area contributed by atoms with Crippen LogP contribution in [0.15, 0.2) is 64.0 Å². The number of carbonyl (C=O) groups is 1. The molecule has 0 saturated carbocycles. The molecule has 6 heteroatoms. The van der Waals surface area contributed by atoms with Gasteiger partial charge in [-0.1, -0.05) is 23.7 Å². The summed E-state index contributed by atoms with van der Waals surface area (Å²) in [6, 6.07) is 14.6. The molecule has 1 saturated heterocycles. The zero-order valence-corrected chi connectivity index (χ0v) is 15.9. The van der Waals surface area contributed by atoms with Gasteiger partial charge in [0.2, 0.25) is 0 Å². The molecule has 2 bridgehead atoms. The van der Waals surface area contributed by atoms with Gasteiger partial charge >= 0.3 is 0 Å². The number of amides is 1. The van der Waals surface area contributed by atoms with Crippen molar-refractivity contribution in [3.05, 3.63) is 81.6 Å². The second kappa shape index (κ2) is 6.67. The van der Waals surface area contributed by atoms with E-state index in [1.165, 1.54) is 6.26 Å². The van der Waals surface area contributed by atoms with E-state index in [0.29, 0.717) is 30.4 Å². The van der Waals surface area contributed by atoms with Gasteiger partial charge in [0.25, 0.3) is 11.5 Å². The highest BCUT2D eigenvalue weighted by atomic mass is 35.5. The third-order valence-electron chi connectivity index (χ3n) is 5.76. The lowest BCUT2D eigenvalue weighted by atomic mass is 9.80. The summed E-state index contributed by atoms with van der Waals surface area (Å²) in [7, 11) is 0. The molecule has 0 N–H and O–H groups in total. The Balaban J connectivity index is 1.56. The summed E-state index contributed by atoms with van der Waals surface area (Å²) in [5, 5.41) is 0.679. The molecule has 0 radical (unpaired) electrons. The highest BCUT2D eigenvalue weighted by molar-refractivity contribution is 6.30. The molecule has 0 spiro atoms. The van der Waals surface area contributed by atoms with Crippen molar-refractivity contribution in [2.75, 3.05) is 13.1 Å². The molecule has 2 aliphatic heterocycles. The number of pyridine rings is 1. The highest BCUT2D eigenvalue weighted by Gasteiger charge is 2.38. The first-order valence-electron chi connectivity index (χ1n) is 9.42. The molecule has 1 aromatic carbocycles. The maximum absolute atomic E-state index is 12.8.